The summed E-state index contributed by atoms with van der Waals surface area (Å²) in [6, 6.07) is 19.5. The van der Waals surface area contributed by atoms with Gasteiger partial charge in [-0.05, 0) is 64.7 Å². The number of anilines is 1. The van der Waals surface area contributed by atoms with E-state index in [0.717, 1.165) is 36.1 Å². The number of benzene rings is 2. The van der Waals surface area contributed by atoms with Crippen molar-refractivity contribution in [3.05, 3.63) is 90.0 Å². The first-order valence-corrected chi connectivity index (χ1v) is 16.0. The number of nitrogens with zero attached hydrogens (tertiary/aromatic N) is 4. The number of para-hydroxylation sites is 1. The number of amides is 2. The Morgan fingerprint density at radius 3 is 2.36 bits per heavy atom. The lowest BCUT2D eigenvalue weighted by atomic mass is 9.89. The van der Waals surface area contributed by atoms with Crippen LogP contribution in [0.4, 0.5) is 10.6 Å². The highest BCUT2D eigenvalue weighted by Crippen LogP contribution is 2.64. The summed E-state index contributed by atoms with van der Waals surface area (Å²) in [5.74, 6) is 0.606. The summed E-state index contributed by atoms with van der Waals surface area (Å²) in [7, 11) is 1.70. The van der Waals surface area contributed by atoms with Crippen molar-refractivity contribution in [1.82, 2.24) is 25.1 Å². The smallest absolute Gasteiger partial charge is 0.320 e. The largest absolute Gasteiger partial charge is 0.457 e. The Balaban J connectivity index is 1.20. The van der Waals surface area contributed by atoms with Gasteiger partial charge in [0.1, 0.15) is 11.5 Å². The van der Waals surface area contributed by atoms with Crippen molar-refractivity contribution in [2.24, 2.45) is 10.8 Å². The quantitative estimate of drug-likeness (QED) is 0.197. The molecule has 2 aliphatic rings. The maximum absolute atomic E-state index is 13.6. The van der Waals surface area contributed by atoms with E-state index < -0.39 is 5.41 Å². The number of urea groups is 1. The van der Waals surface area contributed by atoms with Crippen molar-refractivity contribution in [2.75, 3.05) is 19.0 Å². The molecule has 2 aromatic heterocycles. The fourth-order valence-corrected chi connectivity index (χ4v) is 6.27. The second kappa shape index (κ2) is 13.2. The molecule has 2 unspecified atom stereocenters. The summed E-state index contributed by atoms with van der Waals surface area (Å²) in [6.07, 6.45) is 5.78. The van der Waals surface area contributed by atoms with Crippen LogP contribution in [0.1, 0.15) is 63.1 Å². The Morgan fingerprint density at radius 2 is 1.70 bits per heavy atom. The van der Waals surface area contributed by atoms with Gasteiger partial charge in [0.05, 0.1) is 23.3 Å². The number of hydrogen-bond acceptors (Lipinski definition) is 8. The van der Waals surface area contributed by atoms with Gasteiger partial charge in [-0.15, -0.1) is 0 Å². The molecule has 246 valence electrons. The standard InChI is InChI=1S/C36H42N6O5/c1-23-30(25-20-37-29(38-21-25)22-46-33(43)35(2,3)4)41-42(26-14-10-7-11-15-26)32(23)40-34(44)39-28-19-36(28)18-27(16-17-45-5)47-31(36)24-12-8-6-9-13-24/h6-15,20-21,27-28,31H,16-19,22H2,1-5H3,(H2,39,40,44)/t27?,28-,31?,36-/m0/s1. The summed E-state index contributed by atoms with van der Waals surface area (Å²) < 4.78 is 19.0. The first kappa shape index (κ1) is 32.3. The molecule has 0 radical (unpaired) electrons. The Bertz CT molecular complexity index is 1700. The zero-order valence-electron chi connectivity index (χ0n) is 27.5. The van der Waals surface area contributed by atoms with E-state index in [0.29, 0.717) is 29.5 Å². The zero-order valence-corrected chi connectivity index (χ0v) is 27.5. The number of carbonyl (C=O) groups is 2. The van der Waals surface area contributed by atoms with Crippen molar-refractivity contribution >= 4 is 17.8 Å². The summed E-state index contributed by atoms with van der Waals surface area (Å²) in [5, 5.41) is 11.2. The summed E-state index contributed by atoms with van der Waals surface area (Å²) in [4.78, 5) is 34.6. The van der Waals surface area contributed by atoms with Gasteiger partial charge in [0, 0.05) is 48.7 Å². The molecule has 2 fully saturated rings. The Morgan fingerprint density at radius 1 is 1.02 bits per heavy atom. The number of rotatable bonds is 10. The number of nitrogens with one attached hydrogen (secondary N) is 2. The SMILES string of the molecule is COCCC1C[C@@]2(C[C@@H]2NC(=O)Nc2c(C)c(-c3cnc(COC(=O)C(C)(C)C)nc3)nn2-c2ccccc2)C(c2ccccc2)O1. The molecule has 2 amide bonds. The van der Waals surface area contributed by atoms with Gasteiger partial charge in [-0.25, -0.2) is 19.4 Å². The summed E-state index contributed by atoms with van der Waals surface area (Å²) in [6.45, 7) is 7.90. The zero-order chi connectivity index (χ0) is 33.2. The fraction of sp³-hybridized carbons (Fsp3) is 0.417. The highest BCUT2D eigenvalue weighted by molar-refractivity contribution is 5.91. The molecule has 11 heteroatoms. The lowest BCUT2D eigenvalue weighted by Gasteiger charge is -2.20. The first-order chi connectivity index (χ1) is 22.6. The highest BCUT2D eigenvalue weighted by atomic mass is 16.5. The minimum atomic E-state index is -0.613. The normalized spacial score (nSPS) is 21.9. The predicted molar refractivity (Wildman–Crippen MR) is 177 cm³/mol. The van der Waals surface area contributed by atoms with Gasteiger partial charge < -0.3 is 19.5 Å². The number of carbonyl (C=O) groups excluding carboxylic acids is 2. The third-order valence-electron chi connectivity index (χ3n) is 8.91. The Hall–Kier alpha value is -4.61. The molecule has 1 aliphatic heterocycles. The van der Waals surface area contributed by atoms with E-state index in [4.69, 9.17) is 19.3 Å². The van der Waals surface area contributed by atoms with Crippen LogP contribution in [0.25, 0.3) is 16.9 Å². The van der Waals surface area contributed by atoms with E-state index in [2.05, 4.69) is 32.7 Å². The van der Waals surface area contributed by atoms with E-state index in [1.807, 2.05) is 55.5 Å². The van der Waals surface area contributed by atoms with Gasteiger partial charge in [-0.3, -0.25) is 10.1 Å². The molecule has 2 N–H and O–H groups in total. The van der Waals surface area contributed by atoms with Crippen LogP contribution in [0.15, 0.2) is 73.1 Å². The molecule has 3 heterocycles. The van der Waals surface area contributed by atoms with Gasteiger partial charge in [-0.1, -0.05) is 48.5 Å². The topological polar surface area (TPSA) is 129 Å². The number of ether oxygens (including phenoxy) is 3. The molecule has 1 saturated carbocycles. The molecule has 1 aliphatic carbocycles. The van der Waals surface area contributed by atoms with Crippen molar-refractivity contribution in [3.8, 4) is 16.9 Å². The highest BCUT2D eigenvalue weighted by Gasteiger charge is 2.65. The van der Waals surface area contributed by atoms with E-state index in [9.17, 15) is 9.59 Å². The van der Waals surface area contributed by atoms with Crippen LogP contribution < -0.4 is 10.6 Å². The predicted octanol–water partition coefficient (Wildman–Crippen LogP) is 6.17. The average Bonchev–Trinajstić information content (AvgIpc) is 3.45. The summed E-state index contributed by atoms with van der Waals surface area (Å²) >= 11 is 0. The molecular weight excluding hydrogens is 596 g/mol. The molecule has 1 spiro atoms. The van der Waals surface area contributed by atoms with Gasteiger partial charge in [0.2, 0.25) is 0 Å². The van der Waals surface area contributed by atoms with Crippen LogP contribution in [0.5, 0.6) is 0 Å². The van der Waals surface area contributed by atoms with Crippen molar-refractivity contribution < 1.29 is 23.8 Å². The Labute approximate surface area is 275 Å². The lowest BCUT2D eigenvalue weighted by molar-refractivity contribution is -0.154. The second-order valence-electron chi connectivity index (χ2n) is 13.4. The third kappa shape index (κ3) is 6.91. The number of methoxy groups -OCH3 is 1. The Kier molecular flexibility index (Phi) is 9.11. The maximum atomic E-state index is 13.6. The van der Waals surface area contributed by atoms with Gasteiger partial charge in [0.25, 0.3) is 0 Å². The van der Waals surface area contributed by atoms with Gasteiger partial charge >= 0.3 is 12.0 Å². The number of aromatic nitrogens is 4. The molecular formula is C36H42N6O5. The van der Waals surface area contributed by atoms with Crippen LogP contribution in [-0.2, 0) is 25.6 Å². The first-order valence-electron chi connectivity index (χ1n) is 16.0. The number of esters is 1. The average molecular weight is 639 g/mol. The molecule has 0 bridgehead atoms. The molecule has 4 aromatic rings. The minimum absolute atomic E-state index is 0.0211. The van der Waals surface area contributed by atoms with Gasteiger partial charge in [0.15, 0.2) is 12.4 Å². The monoisotopic (exact) mass is 638 g/mol. The maximum Gasteiger partial charge on any atom is 0.320 e. The van der Waals surface area contributed by atoms with Gasteiger partial charge in [-0.2, -0.15) is 5.10 Å². The molecule has 4 atom stereocenters. The molecule has 11 nitrogen and oxygen atoms in total. The molecule has 1 saturated heterocycles. The summed E-state index contributed by atoms with van der Waals surface area (Å²) in [5.41, 5.74) is 3.19. The van der Waals surface area contributed by atoms with Crippen LogP contribution >= 0.6 is 0 Å². The van der Waals surface area contributed by atoms with Crippen molar-refractivity contribution in [1.29, 1.82) is 0 Å². The third-order valence-corrected chi connectivity index (χ3v) is 8.91. The molecule has 2 aromatic carbocycles. The van der Waals surface area contributed by atoms with E-state index in [1.165, 1.54) is 0 Å². The minimum Gasteiger partial charge on any atom is -0.457 e. The van der Waals surface area contributed by atoms with Crippen LogP contribution in [0.2, 0.25) is 0 Å². The van der Waals surface area contributed by atoms with Crippen LogP contribution in [0, 0.1) is 17.8 Å². The van der Waals surface area contributed by atoms with E-state index >= 15 is 0 Å². The number of hydrogen-bond donors (Lipinski definition) is 2. The van der Waals surface area contributed by atoms with Crippen molar-refractivity contribution in [3.63, 3.8) is 0 Å². The van der Waals surface area contributed by atoms with E-state index in [-0.39, 0.29) is 42.3 Å². The second-order valence-corrected chi connectivity index (χ2v) is 13.4. The molecule has 6 rings (SSSR count). The molecule has 47 heavy (non-hydrogen) atoms. The van der Waals surface area contributed by atoms with Crippen molar-refractivity contribution in [2.45, 2.75) is 71.8 Å². The van der Waals surface area contributed by atoms with E-state index in [1.54, 1.807) is 45.0 Å². The van der Waals surface area contributed by atoms with Crippen LogP contribution in [-0.4, -0.2) is 57.6 Å². The fourth-order valence-electron chi connectivity index (χ4n) is 6.27. The van der Waals surface area contributed by atoms with Crippen LogP contribution in [0.3, 0.4) is 0 Å². The lowest BCUT2D eigenvalue weighted by Crippen LogP contribution is -2.35.